The van der Waals surface area contributed by atoms with E-state index in [2.05, 4.69) is 9.47 Å². The third-order valence-corrected chi connectivity index (χ3v) is 2.47. The Labute approximate surface area is 104 Å². The van der Waals surface area contributed by atoms with Crippen molar-refractivity contribution < 1.29 is 24.2 Å². The average molecular weight is 253 g/mol. The van der Waals surface area contributed by atoms with Gasteiger partial charge in [0.1, 0.15) is 0 Å². The van der Waals surface area contributed by atoms with E-state index in [0.717, 1.165) is 0 Å². The van der Waals surface area contributed by atoms with Crippen LogP contribution in [0.25, 0.3) is 0 Å². The smallest absolute Gasteiger partial charge is 0.338 e. The van der Waals surface area contributed by atoms with Crippen LogP contribution in [0.2, 0.25) is 0 Å². The summed E-state index contributed by atoms with van der Waals surface area (Å²) in [5.74, 6) is -1.12. The lowest BCUT2D eigenvalue weighted by atomic mass is 9.98. The third-order valence-electron chi connectivity index (χ3n) is 2.47. The van der Waals surface area contributed by atoms with E-state index in [1.54, 1.807) is 0 Å². The topological polar surface area (TPSA) is 98.9 Å². The van der Waals surface area contributed by atoms with Crippen LogP contribution in [0.4, 0.5) is 0 Å². The van der Waals surface area contributed by atoms with Gasteiger partial charge < -0.3 is 20.3 Å². The molecule has 0 saturated carbocycles. The molecule has 18 heavy (non-hydrogen) atoms. The Kier molecular flexibility index (Phi) is 4.82. The summed E-state index contributed by atoms with van der Waals surface area (Å²) in [4.78, 5) is 22.9. The minimum absolute atomic E-state index is 0.215. The van der Waals surface area contributed by atoms with E-state index in [1.807, 2.05) is 0 Å². The van der Waals surface area contributed by atoms with Crippen LogP contribution in [0.15, 0.2) is 18.2 Å². The zero-order valence-corrected chi connectivity index (χ0v) is 10.2. The minimum Gasteiger partial charge on any atom is -0.465 e. The molecule has 0 amide bonds. The highest BCUT2D eigenvalue weighted by Gasteiger charge is 2.19. The van der Waals surface area contributed by atoms with Crippen molar-refractivity contribution in [3.63, 3.8) is 0 Å². The number of carbonyl (C=O) groups excluding carboxylic acids is 2. The molecular formula is C12H15NO5. The Bertz CT molecular complexity index is 458. The van der Waals surface area contributed by atoms with Crippen LogP contribution in [0.5, 0.6) is 0 Å². The number of hydrogen-bond donors (Lipinski definition) is 2. The molecule has 6 heteroatoms. The first-order valence-corrected chi connectivity index (χ1v) is 5.22. The lowest BCUT2D eigenvalue weighted by molar-refractivity contribution is 0.0584. The maximum atomic E-state index is 11.5. The lowest BCUT2D eigenvalue weighted by Gasteiger charge is -2.14. The quantitative estimate of drug-likeness (QED) is 0.746. The molecule has 0 spiro atoms. The van der Waals surface area contributed by atoms with Crippen molar-refractivity contribution in [3.8, 4) is 0 Å². The number of ether oxygens (including phenoxy) is 2. The van der Waals surface area contributed by atoms with Gasteiger partial charge in [-0.2, -0.15) is 0 Å². The zero-order chi connectivity index (χ0) is 13.7. The largest absolute Gasteiger partial charge is 0.465 e. The molecule has 0 unspecified atom stereocenters. The summed E-state index contributed by atoms with van der Waals surface area (Å²) in [6.07, 6.45) is 0. The average Bonchev–Trinajstić information content (AvgIpc) is 2.43. The van der Waals surface area contributed by atoms with Crippen LogP contribution in [-0.2, 0) is 9.47 Å². The number of nitrogens with two attached hydrogens (primary N) is 1. The van der Waals surface area contributed by atoms with Gasteiger partial charge in [-0.25, -0.2) is 9.59 Å². The van der Waals surface area contributed by atoms with Crippen LogP contribution < -0.4 is 5.73 Å². The van der Waals surface area contributed by atoms with Gasteiger partial charge in [-0.1, -0.05) is 0 Å². The molecule has 1 rings (SSSR count). The predicted molar refractivity (Wildman–Crippen MR) is 63.1 cm³/mol. The van der Waals surface area contributed by atoms with E-state index < -0.39 is 18.0 Å². The lowest BCUT2D eigenvalue weighted by Crippen LogP contribution is -2.20. The Balaban J connectivity index is 3.29. The fourth-order valence-electron chi connectivity index (χ4n) is 1.51. The number of aliphatic hydroxyl groups excluding tert-OH is 1. The zero-order valence-electron chi connectivity index (χ0n) is 10.2. The molecule has 98 valence electrons. The van der Waals surface area contributed by atoms with Gasteiger partial charge in [-0.05, 0) is 23.8 Å². The van der Waals surface area contributed by atoms with Crippen molar-refractivity contribution in [1.29, 1.82) is 0 Å². The first-order valence-electron chi connectivity index (χ1n) is 5.22. The van der Waals surface area contributed by atoms with Gasteiger partial charge in [0.05, 0.1) is 38.0 Å². The van der Waals surface area contributed by atoms with E-state index in [9.17, 15) is 9.59 Å². The van der Waals surface area contributed by atoms with E-state index in [-0.39, 0.29) is 17.7 Å². The fourth-order valence-corrected chi connectivity index (χ4v) is 1.51. The second-order valence-electron chi connectivity index (χ2n) is 3.57. The third kappa shape index (κ3) is 2.85. The van der Waals surface area contributed by atoms with Gasteiger partial charge in [0.15, 0.2) is 0 Å². The molecule has 0 heterocycles. The molecular weight excluding hydrogens is 238 g/mol. The standard InChI is InChI=1S/C12H15NO5/c1-17-11(15)7-3-4-8(12(16)18-2)9(5-7)10(13)6-14/h3-5,10,14H,6,13H2,1-2H3/t10-/m0/s1. The Morgan fingerprint density at radius 2 is 1.89 bits per heavy atom. The second-order valence-corrected chi connectivity index (χ2v) is 3.57. The van der Waals surface area contributed by atoms with Crippen molar-refractivity contribution in [1.82, 2.24) is 0 Å². The van der Waals surface area contributed by atoms with Gasteiger partial charge in [0.2, 0.25) is 0 Å². The SMILES string of the molecule is COC(=O)c1ccc(C(=O)OC)c([C@@H](N)CO)c1. The van der Waals surface area contributed by atoms with Crippen LogP contribution in [-0.4, -0.2) is 37.9 Å². The van der Waals surface area contributed by atoms with Crippen LogP contribution in [0.3, 0.4) is 0 Å². The predicted octanol–water partition coefficient (Wildman–Crippen LogP) is 0.252. The summed E-state index contributed by atoms with van der Waals surface area (Å²) in [7, 11) is 2.49. The maximum absolute atomic E-state index is 11.5. The van der Waals surface area contributed by atoms with E-state index in [4.69, 9.17) is 10.8 Å². The number of benzene rings is 1. The number of rotatable bonds is 4. The number of carbonyl (C=O) groups is 2. The van der Waals surface area contributed by atoms with Gasteiger partial charge in [0, 0.05) is 0 Å². The highest BCUT2D eigenvalue weighted by molar-refractivity contribution is 5.95. The summed E-state index contributed by atoms with van der Waals surface area (Å²) in [5, 5.41) is 9.06. The molecule has 0 bridgehead atoms. The van der Waals surface area contributed by atoms with Crippen molar-refractivity contribution in [2.45, 2.75) is 6.04 Å². The van der Waals surface area contributed by atoms with Crippen molar-refractivity contribution >= 4 is 11.9 Å². The molecule has 0 fully saturated rings. The van der Waals surface area contributed by atoms with Gasteiger partial charge in [-0.3, -0.25) is 0 Å². The number of esters is 2. The van der Waals surface area contributed by atoms with Crippen LogP contribution >= 0.6 is 0 Å². The number of aliphatic hydroxyl groups is 1. The summed E-state index contributed by atoms with van der Waals surface area (Å²) in [5.41, 5.74) is 6.50. The number of methoxy groups -OCH3 is 2. The Morgan fingerprint density at radius 3 is 2.39 bits per heavy atom. The molecule has 0 radical (unpaired) electrons. The molecule has 1 atom stereocenters. The molecule has 1 aromatic rings. The second kappa shape index (κ2) is 6.13. The molecule has 3 N–H and O–H groups in total. The summed E-state index contributed by atoms with van der Waals surface area (Å²) < 4.78 is 9.18. The minimum atomic E-state index is -0.774. The van der Waals surface area contributed by atoms with Crippen LogP contribution in [0.1, 0.15) is 32.3 Å². The molecule has 0 aliphatic rings. The summed E-state index contributed by atoms with van der Waals surface area (Å²) >= 11 is 0. The molecule has 0 aliphatic carbocycles. The first kappa shape index (κ1) is 14.1. The molecule has 6 nitrogen and oxygen atoms in total. The summed E-state index contributed by atoms with van der Waals surface area (Å²) in [6, 6.07) is 3.50. The normalized spacial score (nSPS) is 11.8. The molecule has 0 aliphatic heterocycles. The Morgan fingerprint density at radius 1 is 1.28 bits per heavy atom. The fraction of sp³-hybridized carbons (Fsp3) is 0.333. The van der Waals surface area contributed by atoms with Gasteiger partial charge in [-0.15, -0.1) is 0 Å². The van der Waals surface area contributed by atoms with E-state index in [1.165, 1.54) is 32.4 Å². The molecule has 1 aromatic carbocycles. The summed E-state index contributed by atoms with van der Waals surface area (Å²) in [6.45, 7) is -0.353. The van der Waals surface area contributed by atoms with E-state index in [0.29, 0.717) is 5.56 Å². The number of hydrogen-bond acceptors (Lipinski definition) is 6. The van der Waals surface area contributed by atoms with Crippen molar-refractivity contribution in [3.05, 3.63) is 34.9 Å². The van der Waals surface area contributed by atoms with E-state index >= 15 is 0 Å². The molecule has 0 aromatic heterocycles. The highest BCUT2D eigenvalue weighted by Crippen LogP contribution is 2.19. The van der Waals surface area contributed by atoms with Gasteiger partial charge in [0.25, 0.3) is 0 Å². The van der Waals surface area contributed by atoms with Crippen LogP contribution in [0, 0.1) is 0 Å². The highest BCUT2D eigenvalue weighted by atomic mass is 16.5. The molecule has 0 saturated heterocycles. The van der Waals surface area contributed by atoms with Crippen molar-refractivity contribution in [2.75, 3.05) is 20.8 Å². The van der Waals surface area contributed by atoms with Gasteiger partial charge >= 0.3 is 11.9 Å². The Hall–Kier alpha value is -1.92. The monoisotopic (exact) mass is 253 g/mol. The first-order chi connectivity index (χ1) is 8.54. The maximum Gasteiger partial charge on any atom is 0.338 e. The van der Waals surface area contributed by atoms with Crippen molar-refractivity contribution in [2.24, 2.45) is 5.73 Å².